The van der Waals surface area contributed by atoms with E-state index < -0.39 is 0 Å². The molecule has 29 heavy (non-hydrogen) atoms. The van der Waals surface area contributed by atoms with Crippen LogP contribution in [0.25, 0.3) is 11.0 Å². The second kappa shape index (κ2) is 8.53. The van der Waals surface area contributed by atoms with Crippen LogP contribution in [0.2, 0.25) is 0 Å². The molecule has 0 aliphatic carbocycles. The largest absolute Gasteiger partial charge is 0.457 e. The number of halogens is 1. The molecular formula is C22H18FN3O3. The van der Waals surface area contributed by atoms with Crippen LogP contribution in [0.15, 0.2) is 72.8 Å². The number of benzene rings is 3. The summed E-state index contributed by atoms with van der Waals surface area (Å²) in [6.45, 7) is 0.281. The fourth-order valence-electron chi connectivity index (χ4n) is 2.75. The van der Waals surface area contributed by atoms with E-state index in [0.29, 0.717) is 35.1 Å². The molecule has 6 nitrogen and oxygen atoms in total. The molecule has 7 heteroatoms. The first-order chi connectivity index (χ1) is 14.2. The molecule has 2 N–H and O–H groups in total. The van der Waals surface area contributed by atoms with E-state index in [0.717, 1.165) is 5.56 Å². The number of rotatable bonds is 7. The molecule has 4 aromatic rings. The number of amides is 1. The second-order valence-corrected chi connectivity index (χ2v) is 6.35. The van der Waals surface area contributed by atoms with Crippen molar-refractivity contribution in [1.29, 1.82) is 0 Å². The van der Waals surface area contributed by atoms with Gasteiger partial charge in [-0.05, 0) is 42.0 Å². The normalized spacial score (nSPS) is 10.8. The molecule has 0 aliphatic heterocycles. The number of aromatic amines is 1. The number of fused-ring (bicyclic) bond motifs is 1. The quantitative estimate of drug-likeness (QED) is 0.481. The number of imidazole rings is 1. The Balaban J connectivity index is 1.35. The Morgan fingerprint density at radius 1 is 1.00 bits per heavy atom. The lowest BCUT2D eigenvalue weighted by molar-refractivity contribution is -0.121. The lowest BCUT2D eigenvalue weighted by Crippen LogP contribution is -2.18. The van der Waals surface area contributed by atoms with E-state index in [1.165, 1.54) is 12.1 Å². The standard InChI is InChI=1S/C22H18FN3O3/c23-16-6-8-17(9-7-16)29-18-10-11-19-20(12-18)25-22(24-19)26-21(27)14-28-13-15-4-2-1-3-5-15/h1-12H,13-14H2,(H2,24,25,26,27). The molecule has 0 bridgehead atoms. The summed E-state index contributed by atoms with van der Waals surface area (Å²) < 4.78 is 24.1. The molecule has 0 aliphatic rings. The smallest absolute Gasteiger partial charge is 0.252 e. The number of carbonyl (C=O) groups is 1. The van der Waals surface area contributed by atoms with Gasteiger partial charge in [-0.25, -0.2) is 9.37 Å². The van der Waals surface area contributed by atoms with Crippen LogP contribution < -0.4 is 10.1 Å². The van der Waals surface area contributed by atoms with Gasteiger partial charge in [0.2, 0.25) is 5.95 Å². The Hall–Kier alpha value is -3.71. The maximum absolute atomic E-state index is 13.0. The molecule has 0 radical (unpaired) electrons. The van der Waals surface area contributed by atoms with Crippen molar-refractivity contribution >= 4 is 22.9 Å². The van der Waals surface area contributed by atoms with Crippen LogP contribution in [0.1, 0.15) is 5.56 Å². The summed E-state index contributed by atoms with van der Waals surface area (Å²) in [5.74, 6) is 0.788. The predicted octanol–water partition coefficient (Wildman–Crippen LogP) is 4.65. The van der Waals surface area contributed by atoms with Gasteiger partial charge in [-0.1, -0.05) is 30.3 Å². The molecule has 1 heterocycles. The van der Waals surface area contributed by atoms with E-state index in [1.54, 1.807) is 30.3 Å². The third kappa shape index (κ3) is 4.97. The van der Waals surface area contributed by atoms with Crippen molar-refractivity contribution in [1.82, 2.24) is 9.97 Å². The molecule has 0 unspecified atom stereocenters. The fraction of sp³-hybridized carbons (Fsp3) is 0.0909. The van der Waals surface area contributed by atoms with E-state index >= 15 is 0 Å². The third-order valence-corrected chi connectivity index (χ3v) is 4.11. The van der Waals surface area contributed by atoms with Crippen molar-refractivity contribution in [3.8, 4) is 11.5 Å². The van der Waals surface area contributed by atoms with E-state index in [1.807, 2.05) is 30.3 Å². The minimum absolute atomic E-state index is 0.0785. The molecule has 0 fully saturated rings. The number of ether oxygens (including phenoxy) is 2. The van der Waals surface area contributed by atoms with Crippen molar-refractivity contribution < 1.29 is 18.7 Å². The Morgan fingerprint density at radius 2 is 1.76 bits per heavy atom. The number of nitrogens with one attached hydrogen (secondary N) is 2. The number of nitrogens with zero attached hydrogens (tertiary/aromatic N) is 1. The number of carbonyl (C=O) groups excluding carboxylic acids is 1. The molecule has 0 spiro atoms. The van der Waals surface area contributed by atoms with Crippen LogP contribution in [0.3, 0.4) is 0 Å². The van der Waals surface area contributed by atoms with Crippen LogP contribution >= 0.6 is 0 Å². The number of anilines is 1. The maximum atomic E-state index is 13.0. The average Bonchev–Trinajstić information content (AvgIpc) is 3.12. The van der Waals surface area contributed by atoms with Gasteiger partial charge in [0.1, 0.15) is 23.9 Å². The van der Waals surface area contributed by atoms with Gasteiger partial charge in [0.25, 0.3) is 5.91 Å². The van der Waals surface area contributed by atoms with Gasteiger partial charge in [-0.3, -0.25) is 10.1 Å². The van der Waals surface area contributed by atoms with E-state index in [9.17, 15) is 9.18 Å². The molecule has 3 aromatic carbocycles. The van der Waals surface area contributed by atoms with E-state index in [-0.39, 0.29) is 18.3 Å². The van der Waals surface area contributed by atoms with E-state index in [2.05, 4.69) is 15.3 Å². The van der Waals surface area contributed by atoms with Crippen molar-refractivity contribution in [3.63, 3.8) is 0 Å². The monoisotopic (exact) mass is 391 g/mol. The molecule has 0 saturated carbocycles. The molecule has 146 valence electrons. The topological polar surface area (TPSA) is 76.2 Å². The van der Waals surface area contributed by atoms with Crippen LogP contribution in [0.4, 0.5) is 10.3 Å². The fourth-order valence-corrected chi connectivity index (χ4v) is 2.75. The number of hydrogen-bond donors (Lipinski definition) is 2. The molecule has 0 saturated heterocycles. The van der Waals surface area contributed by atoms with Gasteiger partial charge in [0.15, 0.2) is 0 Å². The Kier molecular flexibility index (Phi) is 5.49. The Morgan fingerprint density at radius 3 is 2.55 bits per heavy atom. The lowest BCUT2D eigenvalue weighted by Gasteiger charge is -2.05. The van der Waals surface area contributed by atoms with Gasteiger partial charge in [0, 0.05) is 6.07 Å². The van der Waals surface area contributed by atoms with Crippen LogP contribution in [-0.4, -0.2) is 22.5 Å². The SMILES string of the molecule is O=C(COCc1ccccc1)Nc1nc2ccc(Oc3ccc(F)cc3)cc2[nH]1. The molecule has 1 aromatic heterocycles. The highest BCUT2D eigenvalue weighted by molar-refractivity contribution is 5.92. The number of aromatic nitrogens is 2. The summed E-state index contributed by atoms with van der Waals surface area (Å²) >= 11 is 0. The Bertz CT molecular complexity index is 1110. The minimum Gasteiger partial charge on any atom is -0.457 e. The number of H-pyrrole nitrogens is 1. The Labute approximate surface area is 166 Å². The zero-order valence-corrected chi connectivity index (χ0v) is 15.4. The first kappa shape index (κ1) is 18.6. The number of hydrogen-bond acceptors (Lipinski definition) is 4. The summed E-state index contributed by atoms with van der Waals surface area (Å²) in [7, 11) is 0. The molecule has 0 atom stereocenters. The summed E-state index contributed by atoms with van der Waals surface area (Å²) in [4.78, 5) is 19.4. The van der Waals surface area contributed by atoms with Crippen molar-refractivity contribution in [2.45, 2.75) is 6.61 Å². The van der Waals surface area contributed by atoms with Crippen LogP contribution in [0.5, 0.6) is 11.5 Å². The molecular weight excluding hydrogens is 373 g/mol. The van der Waals surface area contributed by atoms with Gasteiger partial charge in [-0.15, -0.1) is 0 Å². The summed E-state index contributed by atoms with van der Waals surface area (Å²) in [5.41, 5.74) is 2.37. The summed E-state index contributed by atoms with van der Waals surface area (Å²) in [6.07, 6.45) is 0. The van der Waals surface area contributed by atoms with E-state index in [4.69, 9.17) is 9.47 Å². The highest BCUT2D eigenvalue weighted by Crippen LogP contribution is 2.25. The molecule has 4 rings (SSSR count). The first-order valence-electron chi connectivity index (χ1n) is 9.00. The molecule has 1 amide bonds. The zero-order chi connectivity index (χ0) is 20.1. The summed E-state index contributed by atoms with van der Waals surface area (Å²) in [6, 6.07) is 20.7. The van der Waals surface area contributed by atoms with Crippen LogP contribution in [-0.2, 0) is 16.1 Å². The third-order valence-electron chi connectivity index (χ3n) is 4.11. The summed E-state index contributed by atoms with van der Waals surface area (Å²) in [5, 5.41) is 2.68. The van der Waals surface area contributed by atoms with Crippen LogP contribution in [0, 0.1) is 5.82 Å². The highest BCUT2D eigenvalue weighted by atomic mass is 19.1. The minimum atomic E-state index is -0.325. The van der Waals surface area contributed by atoms with Crippen molar-refractivity contribution in [2.24, 2.45) is 0 Å². The van der Waals surface area contributed by atoms with Crippen molar-refractivity contribution in [3.05, 3.63) is 84.2 Å². The predicted molar refractivity (Wildman–Crippen MR) is 107 cm³/mol. The average molecular weight is 391 g/mol. The lowest BCUT2D eigenvalue weighted by atomic mass is 10.2. The van der Waals surface area contributed by atoms with Crippen molar-refractivity contribution in [2.75, 3.05) is 11.9 Å². The van der Waals surface area contributed by atoms with Gasteiger partial charge >= 0.3 is 0 Å². The van der Waals surface area contributed by atoms with Gasteiger partial charge < -0.3 is 14.5 Å². The van der Waals surface area contributed by atoms with Gasteiger partial charge in [0.05, 0.1) is 17.6 Å². The second-order valence-electron chi connectivity index (χ2n) is 6.35. The maximum Gasteiger partial charge on any atom is 0.252 e. The zero-order valence-electron chi connectivity index (χ0n) is 15.4. The first-order valence-corrected chi connectivity index (χ1v) is 9.00. The highest BCUT2D eigenvalue weighted by Gasteiger charge is 2.09. The van der Waals surface area contributed by atoms with Gasteiger partial charge in [-0.2, -0.15) is 0 Å².